The number of hydrogen-bond donors (Lipinski definition) is 0. The molecular formula is C24H29NO5S. The Hall–Kier alpha value is -2.48. The minimum Gasteiger partial charge on any atom is -0.468 e. The van der Waals surface area contributed by atoms with E-state index >= 15 is 0 Å². The van der Waals surface area contributed by atoms with Crippen molar-refractivity contribution in [3.8, 4) is 11.1 Å². The first-order chi connectivity index (χ1) is 14.9. The topological polar surface area (TPSA) is 72.9 Å². The molecule has 31 heavy (non-hydrogen) atoms. The molecule has 0 N–H and O–H groups in total. The van der Waals surface area contributed by atoms with Crippen molar-refractivity contribution in [2.75, 3.05) is 33.9 Å². The van der Waals surface area contributed by atoms with Crippen LogP contribution in [-0.2, 0) is 24.3 Å². The second kappa shape index (κ2) is 10.2. The van der Waals surface area contributed by atoms with Crippen molar-refractivity contribution < 1.29 is 22.7 Å². The van der Waals surface area contributed by atoms with Gasteiger partial charge >= 0.3 is 5.97 Å². The van der Waals surface area contributed by atoms with Gasteiger partial charge in [-0.1, -0.05) is 54.6 Å². The molecule has 0 saturated heterocycles. The smallest absolute Gasteiger partial charge is 0.325 e. The summed E-state index contributed by atoms with van der Waals surface area (Å²) in [7, 11) is -1.15. The molecule has 0 bridgehead atoms. The summed E-state index contributed by atoms with van der Waals surface area (Å²) in [6.07, 6.45) is 2.59. The minimum atomic E-state index is -3.83. The van der Waals surface area contributed by atoms with Crippen LogP contribution >= 0.6 is 0 Å². The van der Waals surface area contributed by atoms with E-state index in [1.165, 1.54) is 35.2 Å². The first-order valence-electron chi connectivity index (χ1n) is 10.3. The number of rotatable bonds is 8. The molecule has 0 radical (unpaired) electrons. The molecule has 166 valence electrons. The van der Waals surface area contributed by atoms with Gasteiger partial charge in [0, 0.05) is 26.8 Å². The van der Waals surface area contributed by atoms with Crippen LogP contribution in [0.3, 0.4) is 0 Å². The molecule has 7 heteroatoms. The fourth-order valence-electron chi connectivity index (χ4n) is 3.87. The van der Waals surface area contributed by atoms with E-state index in [1.54, 1.807) is 0 Å². The van der Waals surface area contributed by atoms with Gasteiger partial charge in [-0.3, -0.25) is 4.79 Å². The van der Waals surface area contributed by atoms with Crippen LogP contribution in [0.5, 0.6) is 0 Å². The van der Waals surface area contributed by atoms with Crippen LogP contribution in [0.1, 0.15) is 24.0 Å². The van der Waals surface area contributed by atoms with Crippen LogP contribution in [0.4, 0.5) is 0 Å². The molecular weight excluding hydrogens is 414 g/mol. The van der Waals surface area contributed by atoms with Crippen LogP contribution < -0.4 is 0 Å². The molecule has 1 heterocycles. The Labute approximate surface area is 184 Å². The van der Waals surface area contributed by atoms with Gasteiger partial charge in [0.2, 0.25) is 10.0 Å². The highest BCUT2D eigenvalue weighted by Crippen LogP contribution is 2.30. The Balaban J connectivity index is 1.77. The number of ether oxygens (including phenoxy) is 2. The lowest BCUT2D eigenvalue weighted by molar-refractivity contribution is -0.140. The predicted molar refractivity (Wildman–Crippen MR) is 122 cm³/mol. The van der Waals surface area contributed by atoms with Crippen LogP contribution in [0.15, 0.2) is 54.6 Å². The molecule has 1 aliphatic rings. The molecule has 1 atom stereocenters. The maximum absolute atomic E-state index is 13.0. The molecule has 1 aliphatic heterocycles. The number of carbonyl (C=O) groups is 1. The molecule has 2 aromatic carbocycles. The molecule has 0 aromatic heterocycles. The standard InChI is InChI=1S/C24H29NO5S/c1-18-17-21(9-10-22(18)20-7-5-4-6-8-20)19-11-14-25(15-12-19)31(27,28)23(13-16-29-2)24(26)30-3/h4-11,17,23H,12-16H2,1-3H3/t23-/m0/s1. The SMILES string of the molecule is COCC[C@@H](C(=O)OC)S(=O)(=O)N1CC=C(c2ccc(-c3ccccc3)c(C)c2)CC1. The van der Waals surface area contributed by atoms with E-state index in [4.69, 9.17) is 9.47 Å². The summed E-state index contributed by atoms with van der Waals surface area (Å²) in [5.74, 6) is -0.751. The number of benzene rings is 2. The Morgan fingerprint density at radius 3 is 2.42 bits per heavy atom. The zero-order valence-electron chi connectivity index (χ0n) is 18.2. The minimum absolute atomic E-state index is 0.0682. The van der Waals surface area contributed by atoms with Crippen LogP contribution in [0, 0.1) is 6.92 Å². The zero-order valence-corrected chi connectivity index (χ0v) is 19.0. The maximum atomic E-state index is 13.0. The van der Waals surface area contributed by atoms with Crippen molar-refractivity contribution in [2.24, 2.45) is 0 Å². The molecule has 0 amide bonds. The number of aryl methyl sites for hydroxylation is 1. The normalized spacial score (nSPS) is 15.9. The highest BCUT2D eigenvalue weighted by Gasteiger charge is 2.38. The summed E-state index contributed by atoms with van der Waals surface area (Å²) < 4.78 is 37.1. The number of hydrogen-bond acceptors (Lipinski definition) is 5. The third kappa shape index (κ3) is 5.23. The van der Waals surface area contributed by atoms with Crippen molar-refractivity contribution in [1.29, 1.82) is 0 Å². The third-order valence-corrected chi connectivity index (χ3v) is 7.82. The summed E-state index contributed by atoms with van der Waals surface area (Å²) in [5.41, 5.74) is 5.74. The van der Waals surface area contributed by atoms with Crippen molar-refractivity contribution in [1.82, 2.24) is 4.31 Å². The van der Waals surface area contributed by atoms with E-state index in [9.17, 15) is 13.2 Å². The summed E-state index contributed by atoms with van der Waals surface area (Å²) >= 11 is 0. The lowest BCUT2D eigenvalue weighted by atomic mass is 9.94. The van der Waals surface area contributed by atoms with Gasteiger partial charge in [0.15, 0.2) is 5.25 Å². The quantitative estimate of drug-likeness (QED) is 0.582. The fourth-order valence-corrected chi connectivity index (χ4v) is 5.59. The number of esters is 1. The van der Waals surface area contributed by atoms with Gasteiger partial charge < -0.3 is 9.47 Å². The second-order valence-corrected chi connectivity index (χ2v) is 9.69. The first-order valence-corrected chi connectivity index (χ1v) is 11.8. The second-order valence-electron chi connectivity index (χ2n) is 7.57. The number of sulfonamides is 1. The number of nitrogens with zero attached hydrogens (tertiary/aromatic N) is 1. The Bertz CT molecular complexity index is 1050. The van der Waals surface area contributed by atoms with E-state index in [0.29, 0.717) is 13.0 Å². The highest BCUT2D eigenvalue weighted by molar-refractivity contribution is 7.90. The van der Waals surface area contributed by atoms with E-state index in [-0.39, 0.29) is 19.6 Å². The Kier molecular flexibility index (Phi) is 7.64. The van der Waals surface area contributed by atoms with Crippen molar-refractivity contribution in [3.63, 3.8) is 0 Å². The Morgan fingerprint density at radius 1 is 1.10 bits per heavy atom. The highest BCUT2D eigenvalue weighted by atomic mass is 32.2. The zero-order chi connectivity index (χ0) is 22.4. The number of methoxy groups -OCH3 is 2. The van der Waals surface area contributed by atoms with Crippen molar-refractivity contribution >= 4 is 21.6 Å². The summed E-state index contributed by atoms with van der Waals surface area (Å²) in [5, 5.41) is -1.25. The largest absolute Gasteiger partial charge is 0.468 e. The lowest BCUT2D eigenvalue weighted by Crippen LogP contribution is -2.45. The Morgan fingerprint density at radius 2 is 1.84 bits per heavy atom. The van der Waals surface area contributed by atoms with E-state index in [0.717, 1.165) is 11.1 Å². The molecule has 2 aromatic rings. The van der Waals surface area contributed by atoms with Crippen molar-refractivity contribution in [2.45, 2.75) is 25.0 Å². The van der Waals surface area contributed by atoms with Crippen LogP contribution in [0.2, 0.25) is 0 Å². The lowest BCUT2D eigenvalue weighted by Gasteiger charge is -2.29. The molecule has 0 aliphatic carbocycles. The van der Waals surface area contributed by atoms with Gasteiger partial charge in [-0.15, -0.1) is 0 Å². The predicted octanol–water partition coefficient (Wildman–Crippen LogP) is 3.66. The third-order valence-electron chi connectivity index (χ3n) is 5.62. The van der Waals surface area contributed by atoms with Gasteiger partial charge in [0.1, 0.15) is 0 Å². The van der Waals surface area contributed by atoms with Gasteiger partial charge in [-0.25, -0.2) is 8.42 Å². The van der Waals surface area contributed by atoms with Gasteiger partial charge in [-0.2, -0.15) is 4.31 Å². The number of carbonyl (C=O) groups excluding carboxylic acids is 1. The average Bonchev–Trinajstić information content (AvgIpc) is 2.79. The summed E-state index contributed by atoms with van der Waals surface area (Å²) in [6.45, 7) is 2.81. The molecule has 0 saturated carbocycles. The molecule has 3 rings (SSSR count). The van der Waals surface area contributed by atoms with Gasteiger partial charge in [0.05, 0.1) is 7.11 Å². The first kappa shape index (κ1) is 23.2. The summed E-state index contributed by atoms with van der Waals surface area (Å²) in [4.78, 5) is 12.1. The van der Waals surface area contributed by atoms with E-state index in [2.05, 4.69) is 37.3 Å². The summed E-state index contributed by atoms with van der Waals surface area (Å²) in [6, 6.07) is 16.6. The maximum Gasteiger partial charge on any atom is 0.325 e. The fraction of sp³-hybridized carbons (Fsp3) is 0.375. The molecule has 0 unspecified atom stereocenters. The van der Waals surface area contributed by atoms with Crippen LogP contribution in [0.25, 0.3) is 16.7 Å². The monoisotopic (exact) mass is 443 g/mol. The van der Waals surface area contributed by atoms with Crippen LogP contribution in [-0.4, -0.2) is 57.9 Å². The van der Waals surface area contributed by atoms with Gasteiger partial charge in [-0.05, 0) is 47.6 Å². The van der Waals surface area contributed by atoms with Gasteiger partial charge in [0.25, 0.3) is 0 Å². The molecule has 0 fully saturated rings. The molecule has 6 nitrogen and oxygen atoms in total. The van der Waals surface area contributed by atoms with E-state index in [1.807, 2.05) is 24.3 Å². The van der Waals surface area contributed by atoms with Crippen molar-refractivity contribution in [3.05, 3.63) is 65.7 Å². The average molecular weight is 444 g/mol. The van der Waals surface area contributed by atoms with E-state index < -0.39 is 21.2 Å². The molecule has 0 spiro atoms.